The molecule has 0 aliphatic heterocycles. The van der Waals surface area contributed by atoms with E-state index >= 15 is 0 Å². The van der Waals surface area contributed by atoms with Crippen molar-refractivity contribution in [2.45, 2.75) is 0 Å². The third-order valence-corrected chi connectivity index (χ3v) is 2.23. The molecule has 1 rings (SSSR count). The number of halogens is 3. The van der Waals surface area contributed by atoms with Crippen molar-refractivity contribution in [1.29, 1.82) is 0 Å². The van der Waals surface area contributed by atoms with Gasteiger partial charge in [-0.05, 0) is 34.7 Å². The van der Waals surface area contributed by atoms with Gasteiger partial charge in [0.05, 0.1) is 9.13 Å². The molecule has 5 heteroatoms. The lowest BCUT2D eigenvalue weighted by Crippen LogP contribution is -2.01. The lowest BCUT2D eigenvalue weighted by molar-refractivity contribution is 0.0691. The molecule has 0 heterocycles. The van der Waals surface area contributed by atoms with E-state index in [1.807, 2.05) is 0 Å². The fourth-order valence-corrected chi connectivity index (χ4v) is 1.74. The zero-order valence-electron chi connectivity index (χ0n) is 5.64. The molecular formula is C7H3ClFIO2. The Labute approximate surface area is 86.5 Å². The molecule has 0 spiro atoms. The molecule has 0 amide bonds. The second-order valence-electron chi connectivity index (χ2n) is 2.05. The summed E-state index contributed by atoms with van der Waals surface area (Å²) in [4.78, 5) is 10.4. The van der Waals surface area contributed by atoms with Crippen molar-refractivity contribution in [3.05, 3.63) is 32.1 Å². The number of hydrogen-bond acceptors (Lipinski definition) is 1. The van der Waals surface area contributed by atoms with Gasteiger partial charge >= 0.3 is 5.97 Å². The third-order valence-electron chi connectivity index (χ3n) is 1.22. The van der Waals surface area contributed by atoms with Crippen LogP contribution in [0.1, 0.15) is 10.4 Å². The fraction of sp³-hybridized carbons (Fsp3) is 0. The summed E-state index contributed by atoms with van der Waals surface area (Å²) >= 11 is 7.22. The number of benzene rings is 1. The summed E-state index contributed by atoms with van der Waals surface area (Å²) in [6.45, 7) is 0. The molecular weight excluding hydrogens is 297 g/mol. The highest BCUT2D eigenvalue weighted by molar-refractivity contribution is 14.1. The van der Waals surface area contributed by atoms with E-state index in [4.69, 9.17) is 16.7 Å². The molecule has 0 aromatic heterocycles. The largest absolute Gasteiger partial charge is 0.478 e. The lowest BCUT2D eigenvalue weighted by Gasteiger charge is -2.00. The van der Waals surface area contributed by atoms with Crippen LogP contribution in [0.15, 0.2) is 12.1 Å². The number of carboxylic acids is 1. The van der Waals surface area contributed by atoms with Crippen LogP contribution in [0.25, 0.3) is 0 Å². The van der Waals surface area contributed by atoms with Crippen LogP contribution in [0.4, 0.5) is 4.39 Å². The average Bonchev–Trinajstić information content (AvgIpc) is 1.96. The predicted molar refractivity (Wildman–Crippen MR) is 51.1 cm³/mol. The SMILES string of the molecule is O=C(O)c1cc(Cl)cc(I)c1F. The van der Waals surface area contributed by atoms with Gasteiger partial charge in [0, 0.05) is 5.02 Å². The number of rotatable bonds is 1. The van der Waals surface area contributed by atoms with Crippen molar-refractivity contribution in [2.75, 3.05) is 0 Å². The van der Waals surface area contributed by atoms with Crippen LogP contribution in [-0.2, 0) is 0 Å². The Hall–Kier alpha value is -0.360. The van der Waals surface area contributed by atoms with E-state index in [0.717, 1.165) is 6.07 Å². The second kappa shape index (κ2) is 3.57. The van der Waals surface area contributed by atoms with Crippen molar-refractivity contribution in [1.82, 2.24) is 0 Å². The molecule has 0 aliphatic carbocycles. The smallest absolute Gasteiger partial charge is 0.338 e. The Bertz CT molecular complexity index is 340. The molecule has 2 nitrogen and oxygen atoms in total. The van der Waals surface area contributed by atoms with Gasteiger partial charge < -0.3 is 5.11 Å². The monoisotopic (exact) mass is 300 g/mol. The van der Waals surface area contributed by atoms with Gasteiger partial charge in [0.25, 0.3) is 0 Å². The molecule has 1 aromatic rings. The molecule has 1 N–H and O–H groups in total. The quantitative estimate of drug-likeness (QED) is 0.639. The van der Waals surface area contributed by atoms with Gasteiger partial charge in [0.15, 0.2) is 5.82 Å². The Morgan fingerprint density at radius 3 is 2.67 bits per heavy atom. The van der Waals surface area contributed by atoms with Gasteiger partial charge in [0.1, 0.15) is 0 Å². The van der Waals surface area contributed by atoms with Crippen molar-refractivity contribution >= 4 is 40.2 Å². The highest BCUT2D eigenvalue weighted by atomic mass is 127. The van der Waals surface area contributed by atoms with Crippen LogP contribution >= 0.6 is 34.2 Å². The zero-order valence-corrected chi connectivity index (χ0v) is 8.56. The number of carbonyl (C=O) groups is 1. The van der Waals surface area contributed by atoms with Gasteiger partial charge in [-0.25, -0.2) is 9.18 Å². The first kappa shape index (κ1) is 9.73. The topological polar surface area (TPSA) is 37.3 Å². The molecule has 0 radical (unpaired) electrons. The highest BCUT2D eigenvalue weighted by Crippen LogP contribution is 2.21. The maximum absolute atomic E-state index is 13.0. The first-order valence-corrected chi connectivity index (χ1v) is 4.36. The summed E-state index contributed by atoms with van der Waals surface area (Å²) in [5.41, 5.74) is -0.396. The Kier molecular flexibility index (Phi) is 2.89. The van der Waals surface area contributed by atoms with Gasteiger partial charge in [-0.2, -0.15) is 0 Å². The van der Waals surface area contributed by atoms with Gasteiger partial charge in [-0.1, -0.05) is 11.6 Å². The maximum atomic E-state index is 13.0. The molecule has 0 saturated heterocycles. The number of hydrogen-bond donors (Lipinski definition) is 1. The van der Waals surface area contributed by atoms with Crippen molar-refractivity contribution in [3.63, 3.8) is 0 Å². The fourth-order valence-electron chi connectivity index (χ4n) is 0.712. The van der Waals surface area contributed by atoms with Crippen LogP contribution in [0.3, 0.4) is 0 Å². The molecule has 1 aromatic carbocycles. The van der Waals surface area contributed by atoms with Crippen LogP contribution < -0.4 is 0 Å². The molecule has 0 aliphatic rings. The zero-order chi connectivity index (χ0) is 9.30. The minimum Gasteiger partial charge on any atom is -0.478 e. The first-order chi connectivity index (χ1) is 5.52. The van der Waals surface area contributed by atoms with Crippen LogP contribution in [0.2, 0.25) is 5.02 Å². The first-order valence-electron chi connectivity index (χ1n) is 2.90. The van der Waals surface area contributed by atoms with Crippen LogP contribution in [0, 0.1) is 9.39 Å². The third kappa shape index (κ3) is 1.87. The lowest BCUT2D eigenvalue weighted by atomic mass is 10.2. The van der Waals surface area contributed by atoms with E-state index in [-0.39, 0.29) is 8.59 Å². The summed E-state index contributed by atoms with van der Waals surface area (Å²) in [5, 5.41) is 8.73. The summed E-state index contributed by atoms with van der Waals surface area (Å²) < 4.78 is 13.2. The second-order valence-corrected chi connectivity index (χ2v) is 3.65. The van der Waals surface area contributed by atoms with E-state index in [1.165, 1.54) is 6.07 Å². The summed E-state index contributed by atoms with van der Waals surface area (Å²) in [7, 11) is 0. The predicted octanol–water partition coefficient (Wildman–Crippen LogP) is 2.78. The summed E-state index contributed by atoms with van der Waals surface area (Å²) in [6, 6.07) is 2.45. The van der Waals surface area contributed by atoms with Crippen molar-refractivity contribution in [2.24, 2.45) is 0 Å². The molecule has 0 atom stereocenters. The van der Waals surface area contributed by atoms with E-state index in [9.17, 15) is 9.18 Å². The standard InChI is InChI=1S/C7H3ClFIO2/c8-3-1-4(7(11)12)6(9)5(10)2-3/h1-2H,(H,11,12). The Morgan fingerprint density at radius 2 is 2.17 bits per heavy atom. The highest BCUT2D eigenvalue weighted by Gasteiger charge is 2.13. The Morgan fingerprint density at radius 1 is 1.58 bits per heavy atom. The van der Waals surface area contributed by atoms with Crippen molar-refractivity contribution < 1.29 is 14.3 Å². The van der Waals surface area contributed by atoms with Crippen LogP contribution in [-0.4, -0.2) is 11.1 Å². The maximum Gasteiger partial charge on any atom is 0.338 e. The van der Waals surface area contributed by atoms with E-state index in [2.05, 4.69) is 0 Å². The normalized spacial score (nSPS) is 9.92. The minimum absolute atomic E-state index is 0.206. The molecule has 12 heavy (non-hydrogen) atoms. The van der Waals surface area contributed by atoms with E-state index in [1.54, 1.807) is 22.6 Å². The van der Waals surface area contributed by atoms with E-state index in [0.29, 0.717) is 0 Å². The number of aromatic carboxylic acids is 1. The van der Waals surface area contributed by atoms with Crippen LogP contribution in [0.5, 0.6) is 0 Å². The molecule has 0 unspecified atom stereocenters. The number of carboxylic acid groups (broad SMARTS) is 1. The summed E-state index contributed by atoms with van der Waals surface area (Å²) in [5.74, 6) is -2.06. The van der Waals surface area contributed by atoms with Gasteiger partial charge in [0.2, 0.25) is 0 Å². The Balaban J connectivity index is 3.37. The van der Waals surface area contributed by atoms with Crippen molar-refractivity contribution in [3.8, 4) is 0 Å². The van der Waals surface area contributed by atoms with Gasteiger partial charge in [-0.3, -0.25) is 0 Å². The summed E-state index contributed by atoms with van der Waals surface area (Å²) in [6.07, 6.45) is 0. The molecule has 0 fully saturated rings. The molecule has 0 saturated carbocycles. The molecule has 64 valence electrons. The van der Waals surface area contributed by atoms with Gasteiger partial charge in [-0.15, -0.1) is 0 Å². The molecule has 0 bridgehead atoms. The van der Waals surface area contributed by atoms with E-state index < -0.39 is 17.3 Å². The minimum atomic E-state index is -1.31. The average molecular weight is 300 g/mol.